The van der Waals surface area contributed by atoms with Gasteiger partial charge in [0.15, 0.2) is 0 Å². The molecule has 0 radical (unpaired) electrons. The number of carbonyl (C=O) groups is 1. The van der Waals surface area contributed by atoms with Gasteiger partial charge in [0.2, 0.25) is 5.95 Å². The van der Waals surface area contributed by atoms with E-state index >= 15 is 0 Å². The summed E-state index contributed by atoms with van der Waals surface area (Å²) in [5, 5.41) is 6.86. The largest absolute Gasteiger partial charge is 0.381 e. The summed E-state index contributed by atoms with van der Waals surface area (Å²) in [4.78, 5) is 34.0. The van der Waals surface area contributed by atoms with Gasteiger partial charge in [0.25, 0.3) is 11.5 Å². The van der Waals surface area contributed by atoms with E-state index in [1.165, 1.54) is 0 Å². The highest BCUT2D eigenvalue weighted by Crippen LogP contribution is 2.33. The molecule has 0 bridgehead atoms. The number of nitrogens with zero attached hydrogens (tertiary/aromatic N) is 2. The lowest BCUT2D eigenvalue weighted by molar-refractivity contribution is -0.0396. The molecule has 3 aromatic rings. The minimum absolute atomic E-state index is 0.0702. The van der Waals surface area contributed by atoms with E-state index in [4.69, 9.17) is 9.72 Å². The first kappa shape index (κ1) is 19.8. The molecule has 5 rings (SSSR count). The Morgan fingerprint density at radius 3 is 2.65 bits per heavy atom. The van der Waals surface area contributed by atoms with E-state index < -0.39 is 0 Å². The van der Waals surface area contributed by atoms with Crippen LogP contribution in [0.2, 0.25) is 0 Å². The minimum atomic E-state index is -0.263. The lowest BCUT2D eigenvalue weighted by Gasteiger charge is -2.29. The smallest absolute Gasteiger partial charge is 0.262 e. The summed E-state index contributed by atoms with van der Waals surface area (Å²) in [6.45, 7) is 9.96. The van der Waals surface area contributed by atoms with E-state index in [0.717, 1.165) is 17.0 Å². The summed E-state index contributed by atoms with van der Waals surface area (Å²) in [6, 6.07) is 7.39. The van der Waals surface area contributed by atoms with Gasteiger partial charge in [0, 0.05) is 29.3 Å². The molecule has 0 unspecified atom stereocenters. The summed E-state index contributed by atoms with van der Waals surface area (Å²) in [7, 11) is 0. The van der Waals surface area contributed by atoms with E-state index in [0.29, 0.717) is 48.1 Å². The number of fused-ring (bicyclic) bond motifs is 2. The standard InChI is InChI=1S/C23H27N5O3/c1-12-18-16(20(29)24-12)8-17(25-18)14-6-5-7-15-19(14)26-22(27-23(2,3)4)28(21(15)30)9-13-10-31-11-13/h5-8,12-13,25H,9-11H2,1-4H3,(H,24,29)(H,26,27)/t12-/m1/s1. The van der Waals surface area contributed by atoms with Crippen molar-refractivity contribution in [2.45, 2.75) is 45.8 Å². The summed E-state index contributed by atoms with van der Waals surface area (Å²) < 4.78 is 7.04. The number of anilines is 1. The summed E-state index contributed by atoms with van der Waals surface area (Å²) in [6.07, 6.45) is 0. The molecule has 0 aliphatic carbocycles. The number of para-hydroxylation sites is 1. The Hall–Kier alpha value is -3.13. The van der Waals surface area contributed by atoms with E-state index in [-0.39, 0.29) is 23.0 Å². The Morgan fingerprint density at radius 1 is 1.23 bits per heavy atom. The van der Waals surface area contributed by atoms with Crippen LogP contribution in [0.15, 0.2) is 29.1 Å². The normalized spacial score (nSPS) is 18.7. The number of benzene rings is 1. The minimum Gasteiger partial charge on any atom is -0.381 e. The second-order valence-electron chi connectivity index (χ2n) is 9.54. The maximum absolute atomic E-state index is 13.5. The fourth-order valence-electron chi connectivity index (χ4n) is 4.20. The van der Waals surface area contributed by atoms with E-state index in [1.54, 1.807) is 4.57 Å². The summed E-state index contributed by atoms with van der Waals surface area (Å²) in [5.41, 5.74) is 3.38. The van der Waals surface area contributed by atoms with Crippen LogP contribution in [0.1, 0.15) is 49.8 Å². The molecular formula is C23H27N5O3. The number of nitrogens with one attached hydrogen (secondary N) is 3. The zero-order valence-corrected chi connectivity index (χ0v) is 18.2. The van der Waals surface area contributed by atoms with E-state index in [9.17, 15) is 9.59 Å². The summed E-state index contributed by atoms with van der Waals surface area (Å²) >= 11 is 0. The van der Waals surface area contributed by atoms with Crippen LogP contribution in [0.5, 0.6) is 0 Å². The average molecular weight is 422 g/mol. The van der Waals surface area contributed by atoms with Crippen molar-refractivity contribution in [1.82, 2.24) is 19.9 Å². The van der Waals surface area contributed by atoms with Crippen molar-refractivity contribution in [3.05, 3.63) is 45.9 Å². The Morgan fingerprint density at radius 2 is 2.00 bits per heavy atom. The monoisotopic (exact) mass is 421 g/mol. The highest BCUT2D eigenvalue weighted by Gasteiger charge is 2.29. The number of amides is 1. The number of aromatic amines is 1. The first-order valence-corrected chi connectivity index (χ1v) is 10.6. The lowest BCUT2D eigenvalue weighted by Crippen LogP contribution is -2.38. The van der Waals surface area contributed by atoms with Crippen molar-refractivity contribution in [2.24, 2.45) is 5.92 Å². The van der Waals surface area contributed by atoms with Crippen LogP contribution >= 0.6 is 0 Å². The molecule has 8 nitrogen and oxygen atoms in total. The number of aromatic nitrogens is 3. The molecule has 2 aliphatic heterocycles. The zero-order valence-electron chi connectivity index (χ0n) is 18.2. The molecule has 2 aromatic heterocycles. The molecule has 1 saturated heterocycles. The molecule has 162 valence electrons. The Kier molecular flexibility index (Phi) is 4.44. The highest BCUT2D eigenvalue weighted by atomic mass is 16.5. The van der Waals surface area contributed by atoms with E-state index in [1.807, 2.05) is 52.0 Å². The van der Waals surface area contributed by atoms with Gasteiger partial charge in [-0.2, -0.15) is 0 Å². The van der Waals surface area contributed by atoms with Crippen LogP contribution in [0, 0.1) is 5.92 Å². The van der Waals surface area contributed by atoms with Gasteiger partial charge in [-0.05, 0) is 39.8 Å². The lowest BCUT2D eigenvalue weighted by atomic mass is 10.1. The first-order valence-electron chi connectivity index (χ1n) is 10.6. The van der Waals surface area contributed by atoms with Crippen molar-refractivity contribution in [2.75, 3.05) is 18.5 Å². The molecule has 3 N–H and O–H groups in total. The van der Waals surface area contributed by atoms with Crippen molar-refractivity contribution < 1.29 is 9.53 Å². The van der Waals surface area contributed by atoms with Crippen LogP contribution in [0.3, 0.4) is 0 Å². The third-order valence-electron chi connectivity index (χ3n) is 5.78. The first-order chi connectivity index (χ1) is 14.7. The van der Waals surface area contributed by atoms with Crippen molar-refractivity contribution in [3.8, 4) is 11.3 Å². The maximum Gasteiger partial charge on any atom is 0.262 e. The number of carbonyl (C=O) groups excluding carboxylic acids is 1. The van der Waals surface area contributed by atoms with Gasteiger partial charge in [-0.25, -0.2) is 4.98 Å². The number of H-pyrrole nitrogens is 1. The third kappa shape index (κ3) is 3.40. The molecule has 0 saturated carbocycles. The van der Waals surface area contributed by atoms with Crippen LogP contribution in [0.4, 0.5) is 5.95 Å². The van der Waals surface area contributed by atoms with Crippen molar-refractivity contribution in [1.29, 1.82) is 0 Å². The van der Waals surface area contributed by atoms with Crippen molar-refractivity contribution in [3.63, 3.8) is 0 Å². The van der Waals surface area contributed by atoms with Gasteiger partial charge in [0.05, 0.1) is 41.4 Å². The molecule has 1 atom stereocenters. The number of rotatable bonds is 4. The van der Waals surface area contributed by atoms with Gasteiger partial charge in [0.1, 0.15) is 0 Å². The topological polar surface area (TPSA) is 101 Å². The average Bonchev–Trinajstić information content (AvgIpc) is 3.20. The quantitative estimate of drug-likeness (QED) is 0.601. The molecule has 0 spiro atoms. The van der Waals surface area contributed by atoms with E-state index in [2.05, 4.69) is 15.6 Å². The van der Waals surface area contributed by atoms with Gasteiger partial charge in [-0.15, -0.1) is 0 Å². The second-order valence-corrected chi connectivity index (χ2v) is 9.54. The SMILES string of the molecule is C[C@H]1NC(=O)c2cc(-c3cccc4c(=O)n(CC5COC5)c(NC(C)(C)C)nc34)[nH]c21. The number of hydrogen-bond acceptors (Lipinski definition) is 5. The Bertz CT molecular complexity index is 1250. The van der Waals surface area contributed by atoms with Crippen molar-refractivity contribution >= 4 is 22.8 Å². The molecule has 4 heterocycles. The van der Waals surface area contributed by atoms with Crippen LogP contribution in [0.25, 0.3) is 22.2 Å². The Labute approximate surface area is 180 Å². The fraction of sp³-hybridized carbons (Fsp3) is 0.435. The van der Waals surface area contributed by atoms with Gasteiger partial charge in [-0.3, -0.25) is 14.2 Å². The predicted molar refractivity (Wildman–Crippen MR) is 119 cm³/mol. The number of ether oxygens (including phenoxy) is 1. The highest BCUT2D eigenvalue weighted by molar-refractivity contribution is 6.01. The number of hydrogen-bond donors (Lipinski definition) is 3. The van der Waals surface area contributed by atoms with Crippen LogP contribution < -0.4 is 16.2 Å². The summed E-state index contributed by atoms with van der Waals surface area (Å²) in [5.74, 6) is 0.778. The van der Waals surface area contributed by atoms with Gasteiger partial charge in [-0.1, -0.05) is 12.1 Å². The molecule has 31 heavy (non-hydrogen) atoms. The zero-order chi connectivity index (χ0) is 21.9. The molecule has 1 amide bonds. The van der Waals surface area contributed by atoms with Crippen LogP contribution in [-0.2, 0) is 11.3 Å². The second kappa shape index (κ2) is 6.95. The van der Waals surface area contributed by atoms with Crippen LogP contribution in [-0.4, -0.2) is 39.2 Å². The van der Waals surface area contributed by atoms with Gasteiger partial charge < -0.3 is 20.4 Å². The molecule has 1 fully saturated rings. The molecule has 1 aromatic carbocycles. The molecule has 2 aliphatic rings. The third-order valence-corrected chi connectivity index (χ3v) is 5.78. The van der Waals surface area contributed by atoms with Gasteiger partial charge >= 0.3 is 0 Å². The molecular weight excluding hydrogens is 394 g/mol. The maximum atomic E-state index is 13.5. The fourth-order valence-corrected chi connectivity index (χ4v) is 4.20. The molecule has 8 heteroatoms. The predicted octanol–water partition coefficient (Wildman–Crippen LogP) is 3.05. The Balaban J connectivity index is 1.69.